The molecule has 0 aliphatic carbocycles. The minimum Gasteiger partial charge on any atom is -0.349 e. The smallest absolute Gasteiger partial charge is 0.349 e. The predicted octanol–water partition coefficient (Wildman–Crippen LogP) is 3.91. The molecule has 2 aromatic carbocycles. The average molecular weight is 350 g/mol. The molecule has 0 radical (unpaired) electrons. The highest BCUT2D eigenvalue weighted by molar-refractivity contribution is 6.03. The number of amides is 2. The quantitative estimate of drug-likeness (QED) is 0.803. The lowest BCUT2D eigenvalue weighted by molar-refractivity contribution is -0.137. The number of alkyl halides is 3. The summed E-state index contributed by atoms with van der Waals surface area (Å²) in [7, 11) is 0. The Morgan fingerprint density at radius 3 is 2.32 bits per heavy atom. The average Bonchev–Trinajstić information content (AvgIpc) is 2.54. The van der Waals surface area contributed by atoms with E-state index in [2.05, 4.69) is 10.6 Å². The molecular formula is C18H17F3N2O2. The van der Waals surface area contributed by atoms with E-state index in [-0.39, 0.29) is 11.7 Å². The summed E-state index contributed by atoms with van der Waals surface area (Å²) in [5.41, 5.74) is 0.00493. The third kappa shape index (κ3) is 5.63. The van der Waals surface area contributed by atoms with Gasteiger partial charge in [-0.05, 0) is 30.7 Å². The van der Waals surface area contributed by atoms with E-state index < -0.39 is 30.0 Å². The number of hydrogen-bond donors (Lipinski definition) is 2. The molecule has 2 N–H and O–H groups in total. The lowest BCUT2D eigenvalue weighted by Crippen LogP contribution is -2.30. The summed E-state index contributed by atoms with van der Waals surface area (Å²) in [5, 5.41) is 4.97. The highest BCUT2D eigenvalue weighted by Crippen LogP contribution is 2.30. The summed E-state index contributed by atoms with van der Waals surface area (Å²) in [5.74, 6) is -1.20. The van der Waals surface area contributed by atoms with Crippen LogP contribution in [0, 0.1) is 0 Å². The van der Waals surface area contributed by atoms with Gasteiger partial charge in [-0.3, -0.25) is 9.59 Å². The largest absolute Gasteiger partial charge is 0.416 e. The van der Waals surface area contributed by atoms with Crippen LogP contribution in [-0.4, -0.2) is 11.8 Å². The van der Waals surface area contributed by atoms with E-state index in [0.29, 0.717) is 0 Å². The van der Waals surface area contributed by atoms with E-state index in [1.54, 1.807) is 6.92 Å². The van der Waals surface area contributed by atoms with Crippen molar-refractivity contribution in [3.8, 4) is 0 Å². The number of carbonyl (C=O) groups is 2. The van der Waals surface area contributed by atoms with E-state index >= 15 is 0 Å². The van der Waals surface area contributed by atoms with E-state index in [1.165, 1.54) is 12.1 Å². The second-order valence-electron chi connectivity index (χ2n) is 5.50. The summed E-state index contributed by atoms with van der Waals surface area (Å²) in [4.78, 5) is 23.8. The van der Waals surface area contributed by atoms with Crippen molar-refractivity contribution in [2.75, 3.05) is 5.32 Å². The fourth-order valence-electron chi connectivity index (χ4n) is 2.24. The Bertz CT molecular complexity index is 745. The Morgan fingerprint density at radius 2 is 1.68 bits per heavy atom. The fraction of sp³-hybridized carbons (Fsp3) is 0.222. The molecule has 2 amide bonds. The predicted molar refractivity (Wildman–Crippen MR) is 87.7 cm³/mol. The van der Waals surface area contributed by atoms with Crippen LogP contribution >= 0.6 is 0 Å². The number of nitrogens with one attached hydrogen (secondary N) is 2. The van der Waals surface area contributed by atoms with Crippen molar-refractivity contribution in [1.82, 2.24) is 5.32 Å². The number of hydrogen-bond acceptors (Lipinski definition) is 2. The number of rotatable bonds is 5. The zero-order valence-electron chi connectivity index (χ0n) is 13.4. The highest BCUT2D eigenvalue weighted by atomic mass is 19.4. The molecule has 0 aliphatic heterocycles. The maximum Gasteiger partial charge on any atom is 0.416 e. The standard InChI is InChI=1S/C18H17F3N2O2/c1-12(13-6-3-2-4-7-13)22-16(24)11-17(25)23-15-9-5-8-14(10-15)18(19,20)21/h2-10,12H,11H2,1H3,(H,22,24)(H,23,25). The van der Waals surface area contributed by atoms with E-state index in [1.807, 2.05) is 30.3 Å². The van der Waals surface area contributed by atoms with E-state index in [0.717, 1.165) is 17.7 Å². The molecule has 0 saturated heterocycles. The van der Waals surface area contributed by atoms with Gasteiger partial charge in [-0.15, -0.1) is 0 Å². The van der Waals surface area contributed by atoms with Crippen LogP contribution in [0.25, 0.3) is 0 Å². The number of carbonyl (C=O) groups excluding carboxylic acids is 2. The molecule has 0 fully saturated rings. The normalized spacial score (nSPS) is 12.3. The molecule has 1 atom stereocenters. The zero-order chi connectivity index (χ0) is 18.4. The zero-order valence-corrected chi connectivity index (χ0v) is 13.4. The maximum atomic E-state index is 12.6. The van der Waals surface area contributed by atoms with Gasteiger partial charge >= 0.3 is 6.18 Å². The first-order valence-electron chi connectivity index (χ1n) is 7.57. The Kier molecular flexibility index (Phi) is 5.80. The van der Waals surface area contributed by atoms with Crippen LogP contribution in [0.3, 0.4) is 0 Å². The van der Waals surface area contributed by atoms with E-state index in [9.17, 15) is 22.8 Å². The van der Waals surface area contributed by atoms with Gasteiger partial charge < -0.3 is 10.6 Å². The Balaban J connectivity index is 1.91. The molecule has 0 aromatic heterocycles. The lowest BCUT2D eigenvalue weighted by atomic mass is 10.1. The molecular weight excluding hydrogens is 333 g/mol. The maximum absolute atomic E-state index is 12.6. The van der Waals surface area contributed by atoms with Gasteiger partial charge in [-0.25, -0.2) is 0 Å². The van der Waals surface area contributed by atoms with Crippen molar-refractivity contribution < 1.29 is 22.8 Å². The molecule has 0 heterocycles. The minimum atomic E-state index is -4.50. The number of anilines is 1. The van der Waals surface area contributed by atoms with E-state index in [4.69, 9.17) is 0 Å². The monoisotopic (exact) mass is 350 g/mol. The molecule has 0 spiro atoms. The van der Waals surface area contributed by atoms with Gasteiger partial charge in [-0.2, -0.15) is 13.2 Å². The summed E-state index contributed by atoms with van der Waals surface area (Å²) >= 11 is 0. The topological polar surface area (TPSA) is 58.2 Å². The summed E-state index contributed by atoms with van der Waals surface area (Å²) in [6, 6.07) is 13.2. The highest BCUT2D eigenvalue weighted by Gasteiger charge is 2.30. The SMILES string of the molecule is CC(NC(=O)CC(=O)Nc1cccc(C(F)(F)F)c1)c1ccccc1. The first kappa shape index (κ1) is 18.5. The third-order valence-electron chi connectivity index (χ3n) is 3.47. The molecule has 4 nitrogen and oxygen atoms in total. The van der Waals surface area contributed by atoms with Gasteiger partial charge in [-0.1, -0.05) is 36.4 Å². The van der Waals surface area contributed by atoms with Gasteiger partial charge in [0.15, 0.2) is 0 Å². The summed E-state index contributed by atoms with van der Waals surface area (Å²) < 4.78 is 37.9. The third-order valence-corrected chi connectivity index (χ3v) is 3.47. The summed E-state index contributed by atoms with van der Waals surface area (Å²) in [6.45, 7) is 1.78. The van der Waals surface area contributed by atoms with Crippen molar-refractivity contribution in [1.29, 1.82) is 0 Å². The van der Waals surface area contributed by atoms with Gasteiger partial charge in [0.25, 0.3) is 0 Å². The number of benzene rings is 2. The van der Waals surface area contributed by atoms with Crippen molar-refractivity contribution in [3.63, 3.8) is 0 Å². The van der Waals surface area contributed by atoms with Crippen molar-refractivity contribution in [3.05, 3.63) is 65.7 Å². The van der Waals surface area contributed by atoms with Crippen molar-refractivity contribution in [2.24, 2.45) is 0 Å². The summed E-state index contributed by atoms with van der Waals surface area (Å²) in [6.07, 6.45) is -4.98. The van der Waals surface area contributed by atoms with Crippen LogP contribution in [-0.2, 0) is 15.8 Å². The molecule has 2 rings (SSSR count). The molecule has 0 bridgehead atoms. The molecule has 2 aromatic rings. The Hall–Kier alpha value is -2.83. The molecule has 25 heavy (non-hydrogen) atoms. The van der Waals surface area contributed by atoms with Gasteiger partial charge in [0.1, 0.15) is 6.42 Å². The molecule has 132 valence electrons. The number of halogens is 3. The molecule has 0 saturated carbocycles. The van der Waals surface area contributed by atoms with Crippen LogP contribution in [0.1, 0.15) is 30.5 Å². The first-order chi connectivity index (χ1) is 11.8. The second-order valence-corrected chi connectivity index (χ2v) is 5.50. The first-order valence-corrected chi connectivity index (χ1v) is 7.57. The van der Waals surface area contributed by atoms with Crippen LogP contribution in [0.2, 0.25) is 0 Å². The van der Waals surface area contributed by atoms with Gasteiger partial charge in [0.05, 0.1) is 11.6 Å². The Morgan fingerprint density at radius 1 is 1.00 bits per heavy atom. The second kappa shape index (κ2) is 7.83. The van der Waals surface area contributed by atoms with Gasteiger partial charge in [0, 0.05) is 5.69 Å². The molecule has 7 heteroatoms. The van der Waals surface area contributed by atoms with Crippen molar-refractivity contribution in [2.45, 2.75) is 25.6 Å². The lowest BCUT2D eigenvalue weighted by Gasteiger charge is -2.14. The van der Waals surface area contributed by atoms with Crippen LogP contribution in [0.5, 0.6) is 0 Å². The van der Waals surface area contributed by atoms with Crippen LogP contribution in [0.15, 0.2) is 54.6 Å². The molecule has 1 unspecified atom stereocenters. The fourth-order valence-corrected chi connectivity index (χ4v) is 2.24. The van der Waals surface area contributed by atoms with Gasteiger partial charge in [0.2, 0.25) is 11.8 Å². The van der Waals surface area contributed by atoms with Crippen molar-refractivity contribution >= 4 is 17.5 Å². The minimum absolute atomic E-state index is 0.0104. The molecule has 0 aliphatic rings. The van der Waals surface area contributed by atoms with Crippen LogP contribution in [0.4, 0.5) is 18.9 Å². The van der Waals surface area contributed by atoms with Crippen LogP contribution < -0.4 is 10.6 Å². The Labute approximate surface area is 143 Å².